The number of anilines is 1. The fourth-order valence-corrected chi connectivity index (χ4v) is 4.00. The predicted octanol–water partition coefficient (Wildman–Crippen LogP) is 3.99. The highest BCUT2D eigenvalue weighted by atomic mass is 32.2. The predicted molar refractivity (Wildman–Crippen MR) is 100 cm³/mol. The van der Waals surface area contributed by atoms with Crippen LogP contribution in [0, 0.1) is 0 Å². The molecule has 0 spiro atoms. The molecule has 0 bridgehead atoms. The molecule has 9 heteroatoms. The Bertz CT molecular complexity index is 975. The molecule has 1 saturated heterocycles. The Balaban J connectivity index is 1.50. The van der Waals surface area contributed by atoms with Crippen molar-refractivity contribution in [2.75, 3.05) is 29.5 Å². The highest BCUT2D eigenvalue weighted by Gasteiger charge is 2.30. The van der Waals surface area contributed by atoms with Crippen molar-refractivity contribution in [2.45, 2.75) is 6.18 Å². The molecular weight excluding hydrogens is 391 g/mol. The molecule has 28 heavy (non-hydrogen) atoms. The van der Waals surface area contributed by atoms with Crippen molar-refractivity contribution in [3.8, 4) is 22.8 Å². The second-order valence-corrected chi connectivity index (χ2v) is 8.05. The lowest BCUT2D eigenvalue weighted by Gasteiger charge is -2.28. The Morgan fingerprint density at radius 2 is 1.71 bits per heavy atom. The average Bonchev–Trinajstić information content (AvgIpc) is 3.18. The molecular formula is C19H16F3N3O2S. The monoisotopic (exact) mass is 407 g/mol. The van der Waals surface area contributed by atoms with Crippen LogP contribution < -0.4 is 4.90 Å². The van der Waals surface area contributed by atoms with Gasteiger partial charge in [0.05, 0.1) is 5.56 Å². The van der Waals surface area contributed by atoms with Gasteiger partial charge in [-0.15, -0.1) is 0 Å². The number of benzene rings is 1. The minimum Gasteiger partial charge on any atom is -0.443 e. The summed E-state index contributed by atoms with van der Waals surface area (Å²) in [5.41, 5.74) is 1.86. The number of rotatable bonds is 3. The van der Waals surface area contributed by atoms with Crippen molar-refractivity contribution < 1.29 is 21.8 Å². The number of pyridine rings is 1. The molecule has 0 radical (unpaired) electrons. The molecule has 2 aromatic heterocycles. The lowest BCUT2D eigenvalue weighted by Crippen LogP contribution is -2.37. The zero-order valence-electron chi connectivity index (χ0n) is 14.6. The minimum atomic E-state index is -4.43. The molecule has 146 valence electrons. The van der Waals surface area contributed by atoms with E-state index in [-0.39, 0.29) is 11.6 Å². The van der Waals surface area contributed by atoms with E-state index in [1.165, 1.54) is 12.3 Å². The maximum absolute atomic E-state index is 12.6. The molecule has 0 aliphatic carbocycles. The Morgan fingerprint density at radius 1 is 1.00 bits per heavy atom. The van der Waals surface area contributed by atoms with Gasteiger partial charge in [0.1, 0.15) is 17.7 Å². The summed E-state index contributed by atoms with van der Waals surface area (Å²) in [7, 11) is -0.723. The van der Waals surface area contributed by atoms with E-state index in [1.807, 2.05) is 24.3 Å². The lowest BCUT2D eigenvalue weighted by atomic mass is 10.1. The first-order valence-corrected chi connectivity index (χ1v) is 10.1. The normalized spacial score (nSPS) is 15.8. The molecule has 0 unspecified atom stereocenters. The molecule has 3 aromatic rings. The minimum absolute atomic E-state index is 0.159. The van der Waals surface area contributed by atoms with Gasteiger partial charge in [-0.25, -0.2) is 4.98 Å². The van der Waals surface area contributed by atoms with E-state index in [9.17, 15) is 17.4 Å². The summed E-state index contributed by atoms with van der Waals surface area (Å²) in [5.74, 6) is 1.51. The molecule has 4 rings (SSSR count). The van der Waals surface area contributed by atoms with Gasteiger partial charge in [0.2, 0.25) is 5.89 Å². The van der Waals surface area contributed by atoms with E-state index in [1.54, 1.807) is 0 Å². The van der Waals surface area contributed by atoms with Crippen LogP contribution in [0.1, 0.15) is 5.56 Å². The average molecular weight is 407 g/mol. The standard InChI is InChI=1S/C19H16F3N3O2S/c20-19(21,22)14-3-6-16(23-11-14)18-24-17(12-27-18)13-1-4-15(5-2-13)25-7-9-28(26)10-8-25/h1-6,11-12H,7-10H2. The number of halogens is 3. The van der Waals surface area contributed by atoms with Crippen LogP contribution in [0.5, 0.6) is 0 Å². The first-order valence-electron chi connectivity index (χ1n) is 8.60. The number of alkyl halides is 3. The lowest BCUT2D eigenvalue weighted by molar-refractivity contribution is -0.137. The number of oxazole rings is 1. The first-order chi connectivity index (χ1) is 13.4. The fraction of sp³-hybridized carbons (Fsp3) is 0.263. The maximum atomic E-state index is 12.6. The summed E-state index contributed by atoms with van der Waals surface area (Å²) in [4.78, 5) is 10.3. The zero-order chi connectivity index (χ0) is 19.7. The molecule has 0 saturated carbocycles. The van der Waals surface area contributed by atoms with Crippen LogP contribution >= 0.6 is 0 Å². The molecule has 1 aliphatic heterocycles. The summed E-state index contributed by atoms with van der Waals surface area (Å²) >= 11 is 0. The molecule has 1 aliphatic rings. The Hall–Kier alpha value is -2.68. The van der Waals surface area contributed by atoms with Gasteiger partial charge >= 0.3 is 6.18 Å². The van der Waals surface area contributed by atoms with E-state index in [2.05, 4.69) is 14.9 Å². The summed E-state index contributed by atoms with van der Waals surface area (Å²) in [5, 5.41) is 0. The molecule has 3 heterocycles. The van der Waals surface area contributed by atoms with Crippen LogP contribution in [0.4, 0.5) is 18.9 Å². The highest BCUT2D eigenvalue weighted by molar-refractivity contribution is 7.85. The van der Waals surface area contributed by atoms with Gasteiger partial charge in [-0.05, 0) is 24.3 Å². The summed E-state index contributed by atoms with van der Waals surface area (Å²) < 4.78 is 54.8. The number of hydrogen-bond acceptors (Lipinski definition) is 5. The van der Waals surface area contributed by atoms with Gasteiger partial charge in [-0.2, -0.15) is 13.2 Å². The third-order valence-corrected chi connectivity index (χ3v) is 5.80. The van der Waals surface area contributed by atoms with E-state index in [0.717, 1.165) is 36.6 Å². The summed E-state index contributed by atoms with van der Waals surface area (Å²) in [6.07, 6.45) is -2.22. The molecule has 5 nitrogen and oxygen atoms in total. The van der Waals surface area contributed by atoms with Gasteiger partial charge in [-0.3, -0.25) is 9.19 Å². The highest BCUT2D eigenvalue weighted by Crippen LogP contribution is 2.30. The number of aromatic nitrogens is 2. The smallest absolute Gasteiger partial charge is 0.417 e. The first kappa shape index (κ1) is 18.7. The topological polar surface area (TPSA) is 59.2 Å². The van der Waals surface area contributed by atoms with Crippen LogP contribution in [0.25, 0.3) is 22.8 Å². The van der Waals surface area contributed by atoms with Crippen LogP contribution in [0.15, 0.2) is 53.3 Å². The van der Waals surface area contributed by atoms with Gasteiger partial charge in [0, 0.05) is 52.8 Å². The van der Waals surface area contributed by atoms with E-state index < -0.39 is 22.5 Å². The van der Waals surface area contributed by atoms with Crippen molar-refractivity contribution in [3.63, 3.8) is 0 Å². The fourth-order valence-electron chi connectivity index (χ4n) is 2.95. The summed E-state index contributed by atoms with van der Waals surface area (Å²) in [6, 6.07) is 9.93. The summed E-state index contributed by atoms with van der Waals surface area (Å²) in [6.45, 7) is 1.53. The van der Waals surface area contributed by atoms with Crippen molar-refractivity contribution in [1.29, 1.82) is 0 Å². The van der Waals surface area contributed by atoms with Crippen molar-refractivity contribution >= 4 is 16.5 Å². The van der Waals surface area contributed by atoms with Crippen LogP contribution in [-0.4, -0.2) is 38.8 Å². The van der Waals surface area contributed by atoms with Gasteiger partial charge in [-0.1, -0.05) is 12.1 Å². The van der Waals surface area contributed by atoms with E-state index in [4.69, 9.17) is 4.42 Å². The SMILES string of the molecule is O=S1CCN(c2ccc(-c3coc(-c4ccc(C(F)(F)F)cn4)n3)cc2)CC1. The second kappa shape index (κ2) is 7.38. The maximum Gasteiger partial charge on any atom is 0.417 e. The number of nitrogens with zero attached hydrogens (tertiary/aromatic N) is 3. The van der Waals surface area contributed by atoms with Crippen molar-refractivity contribution in [1.82, 2.24) is 9.97 Å². The van der Waals surface area contributed by atoms with Gasteiger partial charge < -0.3 is 9.32 Å². The third-order valence-electron chi connectivity index (χ3n) is 4.52. The molecule has 1 fully saturated rings. The third kappa shape index (κ3) is 3.94. The number of hydrogen-bond donors (Lipinski definition) is 0. The Kier molecular flexibility index (Phi) is 4.92. The molecule has 0 atom stereocenters. The Morgan fingerprint density at radius 3 is 2.32 bits per heavy atom. The second-order valence-electron chi connectivity index (χ2n) is 6.35. The van der Waals surface area contributed by atoms with Crippen LogP contribution in [0.3, 0.4) is 0 Å². The Labute approximate surface area is 161 Å². The molecule has 0 amide bonds. The van der Waals surface area contributed by atoms with E-state index >= 15 is 0 Å². The van der Waals surface area contributed by atoms with Crippen LogP contribution in [0.2, 0.25) is 0 Å². The van der Waals surface area contributed by atoms with Crippen molar-refractivity contribution in [3.05, 3.63) is 54.4 Å². The van der Waals surface area contributed by atoms with Gasteiger partial charge in [0.25, 0.3) is 0 Å². The zero-order valence-corrected chi connectivity index (χ0v) is 15.5. The quantitative estimate of drug-likeness (QED) is 0.657. The molecule has 0 N–H and O–H groups in total. The van der Waals surface area contributed by atoms with Crippen molar-refractivity contribution in [2.24, 2.45) is 0 Å². The largest absolute Gasteiger partial charge is 0.443 e. The van der Waals surface area contributed by atoms with Gasteiger partial charge in [0.15, 0.2) is 0 Å². The molecule has 1 aromatic carbocycles. The van der Waals surface area contributed by atoms with E-state index in [0.29, 0.717) is 17.2 Å². The van der Waals surface area contributed by atoms with Crippen LogP contribution in [-0.2, 0) is 17.0 Å².